The molecule has 202 valence electrons. The minimum atomic E-state index is -0.924. The van der Waals surface area contributed by atoms with Gasteiger partial charge in [0.2, 0.25) is 5.95 Å². The average Bonchev–Trinajstić information content (AvgIpc) is 2.93. The standard InChI is InChI=1S/C30H35N7O2/c1-21(37(29(38)39)30(2,3)4)23-13-11-22(12-14-23)15-18-32-28-33-20-17-26(35-28)36(5)25-16-19-31-27(34-25)24-9-7-6-8-10-24/h6-14,16-17,19-21H,15,18H2,1-5H3,(H,38,39)(H,32,33,35)/t21-/m0/s1. The first-order valence-corrected chi connectivity index (χ1v) is 12.9. The lowest BCUT2D eigenvalue weighted by molar-refractivity contribution is 0.0753. The van der Waals surface area contributed by atoms with Crippen molar-refractivity contribution in [3.63, 3.8) is 0 Å². The molecule has 0 radical (unpaired) electrons. The lowest BCUT2D eigenvalue weighted by atomic mass is 9.98. The van der Waals surface area contributed by atoms with Crippen LogP contribution in [0.2, 0.25) is 0 Å². The van der Waals surface area contributed by atoms with Gasteiger partial charge in [0.05, 0.1) is 6.04 Å². The second-order valence-corrected chi connectivity index (χ2v) is 10.3. The lowest BCUT2D eigenvalue weighted by Gasteiger charge is -2.38. The molecule has 0 unspecified atom stereocenters. The molecule has 0 bridgehead atoms. The van der Waals surface area contributed by atoms with E-state index in [1.807, 2.05) is 106 Å². The topological polar surface area (TPSA) is 107 Å². The Morgan fingerprint density at radius 2 is 1.56 bits per heavy atom. The summed E-state index contributed by atoms with van der Waals surface area (Å²) in [6.45, 7) is 8.28. The Labute approximate surface area is 229 Å². The predicted octanol–water partition coefficient (Wildman–Crippen LogP) is 6.20. The molecule has 0 saturated heterocycles. The zero-order valence-electron chi connectivity index (χ0n) is 23.0. The molecule has 1 amide bonds. The van der Waals surface area contributed by atoms with Crippen LogP contribution in [0.4, 0.5) is 22.4 Å². The van der Waals surface area contributed by atoms with E-state index in [-0.39, 0.29) is 6.04 Å². The summed E-state index contributed by atoms with van der Waals surface area (Å²) in [6.07, 6.45) is 3.31. The Morgan fingerprint density at radius 1 is 0.923 bits per heavy atom. The summed E-state index contributed by atoms with van der Waals surface area (Å²) in [4.78, 5) is 33.3. The number of anilines is 3. The Kier molecular flexibility index (Phi) is 8.39. The number of nitrogens with one attached hydrogen (secondary N) is 1. The summed E-state index contributed by atoms with van der Waals surface area (Å²) >= 11 is 0. The van der Waals surface area contributed by atoms with E-state index in [2.05, 4.69) is 20.3 Å². The van der Waals surface area contributed by atoms with Gasteiger partial charge in [0.1, 0.15) is 11.6 Å². The van der Waals surface area contributed by atoms with Gasteiger partial charge in [0, 0.05) is 37.1 Å². The molecule has 0 aliphatic heterocycles. The summed E-state index contributed by atoms with van der Waals surface area (Å²) in [7, 11) is 1.91. The first-order valence-electron chi connectivity index (χ1n) is 12.9. The smallest absolute Gasteiger partial charge is 0.408 e. The molecule has 0 fully saturated rings. The van der Waals surface area contributed by atoms with Crippen LogP contribution in [0.5, 0.6) is 0 Å². The van der Waals surface area contributed by atoms with Gasteiger partial charge in [-0.2, -0.15) is 4.98 Å². The average molecular weight is 526 g/mol. The van der Waals surface area contributed by atoms with Crippen molar-refractivity contribution < 1.29 is 9.90 Å². The van der Waals surface area contributed by atoms with Crippen LogP contribution in [0.1, 0.15) is 44.9 Å². The van der Waals surface area contributed by atoms with Crippen molar-refractivity contribution in [3.05, 3.63) is 90.3 Å². The van der Waals surface area contributed by atoms with Crippen molar-refractivity contribution in [3.8, 4) is 11.4 Å². The largest absolute Gasteiger partial charge is 0.465 e. The van der Waals surface area contributed by atoms with E-state index in [1.54, 1.807) is 12.4 Å². The molecule has 0 aliphatic carbocycles. The first kappa shape index (κ1) is 27.5. The SMILES string of the molecule is C[C@@H](c1ccc(CCNc2nccc(N(C)c3ccnc(-c4ccccc4)n3)n2)cc1)N(C(=O)O)C(C)(C)C. The highest BCUT2D eigenvalue weighted by atomic mass is 16.4. The second kappa shape index (κ2) is 11.9. The van der Waals surface area contributed by atoms with Gasteiger partial charge in [0.15, 0.2) is 5.82 Å². The van der Waals surface area contributed by atoms with Crippen molar-refractivity contribution in [2.75, 3.05) is 23.8 Å². The number of hydrogen-bond acceptors (Lipinski definition) is 7. The van der Waals surface area contributed by atoms with Crippen molar-refractivity contribution in [2.24, 2.45) is 0 Å². The first-order chi connectivity index (χ1) is 18.6. The van der Waals surface area contributed by atoms with Gasteiger partial charge in [0.25, 0.3) is 0 Å². The summed E-state index contributed by atoms with van der Waals surface area (Å²) < 4.78 is 0. The Hall–Kier alpha value is -4.53. The van der Waals surface area contributed by atoms with Gasteiger partial charge >= 0.3 is 6.09 Å². The van der Waals surface area contributed by atoms with Crippen molar-refractivity contribution >= 4 is 23.7 Å². The van der Waals surface area contributed by atoms with Crippen LogP contribution >= 0.6 is 0 Å². The second-order valence-electron chi connectivity index (χ2n) is 10.3. The minimum Gasteiger partial charge on any atom is -0.465 e. The monoisotopic (exact) mass is 525 g/mol. The van der Waals surface area contributed by atoms with Gasteiger partial charge in [-0.15, -0.1) is 0 Å². The fraction of sp³-hybridized carbons (Fsp3) is 0.300. The number of benzene rings is 2. The van der Waals surface area contributed by atoms with Gasteiger partial charge < -0.3 is 15.3 Å². The molecule has 0 spiro atoms. The van der Waals surface area contributed by atoms with Crippen LogP contribution < -0.4 is 10.2 Å². The van der Waals surface area contributed by atoms with Crippen molar-refractivity contribution in [1.29, 1.82) is 0 Å². The van der Waals surface area contributed by atoms with Crippen LogP contribution in [-0.2, 0) is 6.42 Å². The third kappa shape index (κ3) is 6.87. The van der Waals surface area contributed by atoms with Crippen molar-refractivity contribution in [2.45, 2.75) is 45.7 Å². The molecule has 9 nitrogen and oxygen atoms in total. The maximum absolute atomic E-state index is 11.8. The third-order valence-electron chi connectivity index (χ3n) is 6.48. The number of nitrogens with zero attached hydrogens (tertiary/aromatic N) is 6. The number of aromatic nitrogens is 4. The maximum Gasteiger partial charge on any atom is 0.408 e. The molecule has 2 N–H and O–H groups in total. The van der Waals surface area contributed by atoms with Crippen LogP contribution in [0.25, 0.3) is 11.4 Å². The van der Waals surface area contributed by atoms with Crippen LogP contribution in [-0.4, -0.2) is 55.2 Å². The third-order valence-corrected chi connectivity index (χ3v) is 6.48. The van der Waals surface area contributed by atoms with E-state index in [9.17, 15) is 9.90 Å². The Morgan fingerprint density at radius 3 is 2.21 bits per heavy atom. The molecule has 39 heavy (non-hydrogen) atoms. The molecular weight excluding hydrogens is 490 g/mol. The van der Waals surface area contributed by atoms with Crippen LogP contribution in [0, 0.1) is 0 Å². The molecule has 0 aliphatic rings. The van der Waals surface area contributed by atoms with Crippen LogP contribution in [0.3, 0.4) is 0 Å². The van der Waals surface area contributed by atoms with E-state index in [1.165, 1.54) is 4.90 Å². The minimum absolute atomic E-state index is 0.249. The molecule has 0 saturated carbocycles. The summed E-state index contributed by atoms with van der Waals surface area (Å²) in [5, 5.41) is 13.0. The summed E-state index contributed by atoms with van der Waals surface area (Å²) in [5.41, 5.74) is 2.56. The number of carboxylic acid groups (broad SMARTS) is 1. The highest BCUT2D eigenvalue weighted by Crippen LogP contribution is 2.28. The molecule has 2 aromatic carbocycles. The molecule has 2 heterocycles. The highest BCUT2D eigenvalue weighted by molar-refractivity contribution is 5.67. The molecule has 9 heteroatoms. The lowest BCUT2D eigenvalue weighted by Crippen LogP contribution is -2.46. The quantitative estimate of drug-likeness (QED) is 0.266. The van der Waals surface area contributed by atoms with Crippen molar-refractivity contribution in [1.82, 2.24) is 24.8 Å². The molecule has 2 aromatic heterocycles. The van der Waals surface area contributed by atoms with Gasteiger partial charge in [-0.1, -0.05) is 54.6 Å². The fourth-order valence-electron chi connectivity index (χ4n) is 4.46. The van der Waals surface area contributed by atoms with Gasteiger partial charge in [-0.05, 0) is 57.4 Å². The number of carbonyl (C=O) groups is 1. The number of rotatable bonds is 9. The van der Waals surface area contributed by atoms with E-state index < -0.39 is 11.6 Å². The predicted molar refractivity (Wildman–Crippen MR) is 154 cm³/mol. The Bertz CT molecular complexity index is 1390. The molecule has 4 rings (SSSR count). The van der Waals surface area contributed by atoms with Crippen LogP contribution in [0.15, 0.2) is 79.1 Å². The van der Waals surface area contributed by atoms with E-state index in [4.69, 9.17) is 4.98 Å². The zero-order valence-corrected chi connectivity index (χ0v) is 23.0. The Balaban J connectivity index is 1.37. The molecular formula is C30H35N7O2. The van der Waals surface area contributed by atoms with Gasteiger partial charge in [-0.25, -0.2) is 19.7 Å². The normalized spacial score (nSPS) is 12.0. The summed E-state index contributed by atoms with van der Waals surface area (Å²) in [5.74, 6) is 2.63. The summed E-state index contributed by atoms with van der Waals surface area (Å²) in [6, 6.07) is 21.4. The fourth-order valence-corrected chi connectivity index (χ4v) is 4.46. The highest BCUT2D eigenvalue weighted by Gasteiger charge is 2.31. The molecule has 4 aromatic rings. The zero-order chi connectivity index (χ0) is 28.0. The molecule has 1 atom stereocenters. The number of amides is 1. The maximum atomic E-state index is 11.8. The van der Waals surface area contributed by atoms with E-state index in [0.29, 0.717) is 24.1 Å². The van der Waals surface area contributed by atoms with Gasteiger partial charge in [-0.3, -0.25) is 4.90 Å². The van der Waals surface area contributed by atoms with E-state index in [0.717, 1.165) is 28.9 Å². The van der Waals surface area contributed by atoms with E-state index >= 15 is 0 Å². The number of hydrogen-bond donors (Lipinski definition) is 2.